The van der Waals surface area contributed by atoms with Gasteiger partial charge in [-0.1, -0.05) is 13.8 Å². The number of nitrogens with zero attached hydrogens (tertiary/aromatic N) is 3. The molecule has 0 aromatic carbocycles. The minimum Gasteiger partial charge on any atom is -0.339 e. The van der Waals surface area contributed by atoms with E-state index < -0.39 is 5.91 Å². The maximum absolute atomic E-state index is 12.8. The predicted molar refractivity (Wildman–Crippen MR) is 100 cm³/mol. The fourth-order valence-electron chi connectivity index (χ4n) is 2.65. The van der Waals surface area contributed by atoms with Crippen molar-refractivity contribution in [3.63, 3.8) is 0 Å². The number of nitrogens with one attached hydrogen (secondary N) is 1. The zero-order valence-corrected chi connectivity index (χ0v) is 15.4. The number of carbonyl (C=O) groups excluding carboxylic acids is 2. The van der Waals surface area contributed by atoms with Crippen molar-refractivity contribution in [3.8, 4) is 0 Å². The third kappa shape index (κ3) is 4.56. The van der Waals surface area contributed by atoms with Crippen molar-refractivity contribution in [2.75, 3.05) is 18.4 Å². The molecule has 0 aliphatic carbocycles. The average Bonchev–Trinajstić information content (AvgIpc) is 2.65. The van der Waals surface area contributed by atoms with Crippen LogP contribution < -0.4 is 10.9 Å². The highest BCUT2D eigenvalue weighted by molar-refractivity contribution is 6.04. The van der Waals surface area contributed by atoms with Crippen molar-refractivity contribution in [1.82, 2.24) is 14.5 Å². The second-order valence-electron chi connectivity index (χ2n) is 6.04. The largest absolute Gasteiger partial charge is 0.339 e. The van der Waals surface area contributed by atoms with Gasteiger partial charge in [0.15, 0.2) is 0 Å². The lowest BCUT2D eigenvalue weighted by molar-refractivity contribution is 0.0754. The maximum atomic E-state index is 12.8. The van der Waals surface area contributed by atoms with Gasteiger partial charge in [-0.15, -0.1) is 0 Å². The summed E-state index contributed by atoms with van der Waals surface area (Å²) in [5.41, 5.74) is 0.464. The third-order valence-electron chi connectivity index (χ3n) is 3.90. The summed E-state index contributed by atoms with van der Waals surface area (Å²) in [4.78, 5) is 43.1. The first-order valence-electron chi connectivity index (χ1n) is 8.69. The Labute approximate surface area is 152 Å². The fraction of sp³-hybridized carbons (Fsp3) is 0.368. The Hall–Kier alpha value is -2.96. The first kappa shape index (κ1) is 19.4. The van der Waals surface area contributed by atoms with Crippen LogP contribution >= 0.6 is 0 Å². The van der Waals surface area contributed by atoms with Gasteiger partial charge in [0.25, 0.3) is 17.4 Å². The highest BCUT2D eigenvalue weighted by Crippen LogP contribution is 2.11. The van der Waals surface area contributed by atoms with Crippen LogP contribution in [0.15, 0.2) is 41.6 Å². The summed E-state index contributed by atoms with van der Waals surface area (Å²) in [6, 6.07) is 4.56. The molecule has 2 heterocycles. The number of aryl methyl sites for hydroxylation is 1. The highest BCUT2D eigenvalue weighted by atomic mass is 16.2. The Kier molecular flexibility index (Phi) is 6.66. The lowest BCUT2D eigenvalue weighted by Gasteiger charge is -2.22. The van der Waals surface area contributed by atoms with E-state index in [0.717, 1.165) is 12.8 Å². The quantitative estimate of drug-likeness (QED) is 0.825. The molecule has 0 radical (unpaired) electrons. The van der Waals surface area contributed by atoms with Gasteiger partial charge in [0, 0.05) is 44.3 Å². The SMILES string of the molecule is CCCN(CCC)C(=O)c1cc(NC(=O)c2ccncc2)c(=O)n(C)c1. The molecule has 1 N–H and O–H groups in total. The Morgan fingerprint density at radius 1 is 1.12 bits per heavy atom. The second-order valence-corrected chi connectivity index (χ2v) is 6.04. The number of pyridine rings is 2. The van der Waals surface area contributed by atoms with Crippen LogP contribution in [0.25, 0.3) is 0 Å². The van der Waals surface area contributed by atoms with Crippen molar-refractivity contribution >= 4 is 17.5 Å². The van der Waals surface area contributed by atoms with Gasteiger partial charge in [0.1, 0.15) is 5.69 Å². The van der Waals surface area contributed by atoms with Gasteiger partial charge >= 0.3 is 0 Å². The van der Waals surface area contributed by atoms with E-state index in [0.29, 0.717) is 24.2 Å². The zero-order valence-electron chi connectivity index (χ0n) is 15.4. The molecular weight excluding hydrogens is 332 g/mol. The van der Waals surface area contributed by atoms with Crippen molar-refractivity contribution < 1.29 is 9.59 Å². The molecule has 2 aromatic rings. The third-order valence-corrected chi connectivity index (χ3v) is 3.90. The minimum atomic E-state index is -0.423. The van der Waals surface area contributed by atoms with Crippen LogP contribution in [0.5, 0.6) is 0 Å². The molecular formula is C19H24N4O3. The average molecular weight is 356 g/mol. The topological polar surface area (TPSA) is 84.3 Å². The van der Waals surface area contributed by atoms with E-state index in [2.05, 4.69) is 10.3 Å². The normalized spacial score (nSPS) is 10.4. The van der Waals surface area contributed by atoms with E-state index in [-0.39, 0.29) is 17.2 Å². The smallest absolute Gasteiger partial charge is 0.274 e. The number of hydrogen-bond acceptors (Lipinski definition) is 4. The highest BCUT2D eigenvalue weighted by Gasteiger charge is 2.18. The van der Waals surface area contributed by atoms with Gasteiger partial charge in [-0.25, -0.2) is 0 Å². The molecule has 0 aliphatic heterocycles. The summed E-state index contributed by atoms with van der Waals surface area (Å²) < 4.78 is 1.31. The Morgan fingerprint density at radius 3 is 2.31 bits per heavy atom. The molecule has 2 rings (SSSR count). The van der Waals surface area contributed by atoms with E-state index in [1.165, 1.54) is 29.2 Å². The number of hydrogen-bond donors (Lipinski definition) is 1. The van der Waals surface area contributed by atoms with Crippen LogP contribution in [0.4, 0.5) is 5.69 Å². The minimum absolute atomic E-state index is 0.0770. The first-order chi connectivity index (χ1) is 12.5. The monoisotopic (exact) mass is 356 g/mol. The van der Waals surface area contributed by atoms with Crippen LogP contribution in [0.1, 0.15) is 47.4 Å². The molecule has 0 saturated heterocycles. The molecule has 138 valence electrons. The number of amides is 2. The molecule has 0 aliphatic rings. The molecule has 0 bridgehead atoms. The van der Waals surface area contributed by atoms with Crippen LogP contribution in [-0.2, 0) is 7.05 Å². The summed E-state index contributed by atoms with van der Waals surface area (Å²) in [7, 11) is 1.56. The number of anilines is 1. The molecule has 0 saturated carbocycles. The van der Waals surface area contributed by atoms with Gasteiger partial charge in [-0.3, -0.25) is 19.4 Å². The number of carbonyl (C=O) groups is 2. The summed E-state index contributed by atoms with van der Waals surface area (Å²) in [6.45, 7) is 5.32. The van der Waals surface area contributed by atoms with E-state index in [1.807, 2.05) is 13.8 Å². The second kappa shape index (κ2) is 8.94. The van der Waals surface area contributed by atoms with Crippen molar-refractivity contribution in [3.05, 3.63) is 58.3 Å². The summed E-state index contributed by atoms with van der Waals surface area (Å²) >= 11 is 0. The summed E-state index contributed by atoms with van der Waals surface area (Å²) in [6.07, 6.45) is 6.21. The first-order valence-corrected chi connectivity index (χ1v) is 8.69. The Balaban J connectivity index is 2.32. The lowest BCUT2D eigenvalue weighted by Crippen LogP contribution is -2.34. The Bertz CT molecular complexity index is 824. The molecule has 0 unspecified atom stereocenters. The number of aromatic nitrogens is 2. The molecule has 2 aromatic heterocycles. The van der Waals surface area contributed by atoms with Crippen molar-refractivity contribution in [2.24, 2.45) is 7.05 Å². The van der Waals surface area contributed by atoms with Gasteiger partial charge in [0.2, 0.25) is 0 Å². The molecule has 0 fully saturated rings. The van der Waals surface area contributed by atoms with E-state index in [4.69, 9.17) is 0 Å². The van der Waals surface area contributed by atoms with Gasteiger partial charge in [0.05, 0.1) is 5.56 Å². The number of rotatable bonds is 7. The van der Waals surface area contributed by atoms with Crippen molar-refractivity contribution in [2.45, 2.75) is 26.7 Å². The standard InChI is InChI=1S/C19H24N4O3/c1-4-10-23(11-5-2)18(25)15-12-16(19(26)22(3)13-15)21-17(24)14-6-8-20-9-7-14/h6-9,12-13H,4-5,10-11H2,1-3H3,(H,21,24). The molecule has 2 amide bonds. The van der Waals surface area contributed by atoms with Crippen LogP contribution in [0, 0.1) is 0 Å². The van der Waals surface area contributed by atoms with Crippen LogP contribution in [0.3, 0.4) is 0 Å². The fourth-order valence-corrected chi connectivity index (χ4v) is 2.65. The van der Waals surface area contributed by atoms with Gasteiger partial charge in [-0.05, 0) is 31.0 Å². The van der Waals surface area contributed by atoms with E-state index >= 15 is 0 Å². The predicted octanol–water partition coefficient (Wildman–Crippen LogP) is 2.29. The summed E-state index contributed by atoms with van der Waals surface area (Å²) in [5, 5.41) is 2.59. The molecule has 7 nitrogen and oxygen atoms in total. The van der Waals surface area contributed by atoms with E-state index in [9.17, 15) is 14.4 Å². The van der Waals surface area contributed by atoms with Gasteiger partial charge in [-0.2, -0.15) is 0 Å². The molecule has 0 atom stereocenters. The van der Waals surface area contributed by atoms with Crippen LogP contribution in [-0.4, -0.2) is 39.4 Å². The zero-order chi connectivity index (χ0) is 19.1. The Morgan fingerprint density at radius 2 is 1.73 bits per heavy atom. The van der Waals surface area contributed by atoms with E-state index in [1.54, 1.807) is 24.1 Å². The molecule has 26 heavy (non-hydrogen) atoms. The van der Waals surface area contributed by atoms with Crippen molar-refractivity contribution in [1.29, 1.82) is 0 Å². The molecule has 0 spiro atoms. The van der Waals surface area contributed by atoms with Gasteiger partial charge < -0.3 is 14.8 Å². The molecule has 7 heteroatoms. The lowest BCUT2D eigenvalue weighted by atomic mass is 10.2. The summed E-state index contributed by atoms with van der Waals surface area (Å²) in [5.74, 6) is -0.572. The van der Waals surface area contributed by atoms with Crippen LogP contribution in [0.2, 0.25) is 0 Å². The maximum Gasteiger partial charge on any atom is 0.274 e.